The zero-order valence-electron chi connectivity index (χ0n) is 9.59. The molecule has 1 fully saturated rings. The van der Waals surface area contributed by atoms with E-state index in [9.17, 15) is 13.2 Å². The number of sulfonamides is 1. The average Bonchev–Trinajstić information content (AvgIpc) is 2.66. The first kappa shape index (κ1) is 13.9. The van der Waals surface area contributed by atoms with Crippen molar-refractivity contribution in [3.8, 4) is 6.07 Å². The first-order valence-corrected chi connectivity index (χ1v) is 7.10. The smallest absolute Gasteiger partial charge is 0.308 e. The summed E-state index contributed by atoms with van der Waals surface area (Å²) in [5, 5.41) is 16.5. The predicted molar refractivity (Wildman–Crippen MR) is 60.5 cm³/mol. The molecule has 0 aromatic carbocycles. The van der Waals surface area contributed by atoms with E-state index in [1.807, 2.05) is 0 Å². The number of nitriles is 1. The van der Waals surface area contributed by atoms with Crippen molar-refractivity contribution in [1.82, 2.24) is 4.72 Å². The summed E-state index contributed by atoms with van der Waals surface area (Å²) in [7, 11) is -3.75. The lowest BCUT2D eigenvalue weighted by Gasteiger charge is -2.19. The van der Waals surface area contributed by atoms with Crippen LogP contribution in [-0.4, -0.2) is 30.8 Å². The summed E-state index contributed by atoms with van der Waals surface area (Å²) >= 11 is 0. The van der Waals surface area contributed by atoms with Gasteiger partial charge in [0.1, 0.15) is 0 Å². The Balaban J connectivity index is 2.78. The first-order chi connectivity index (χ1) is 7.92. The third-order valence-electron chi connectivity index (χ3n) is 3.04. The molecule has 7 heteroatoms. The number of rotatable bonds is 5. The van der Waals surface area contributed by atoms with E-state index >= 15 is 0 Å². The van der Waals surface area contributed by atoms with Crippen molar-refractivity contribution in [3.63, 3.8) is 0 Å². The Morgan fingerprint density at radius 3 is 2.71 bits per heavy atom. The fourth-order valence-corrected chi connectivity index (χ4v) is 3.52. The van der Waals surface area contributed by atoms with Crippen LogP contribution in [0.25, 0.3) is 0 Å². The maximum absolute atomic E-state index is 11.8. The van der Waals surface area contributed by atoms with E-state index in [1.54, 1.807) is 13.0 Å². The molecule has 0 saturated heterocycles. The Bertz CT molecular complexity index is 426. The second-order valence-electron chi connectivity index (χ2n) is 4.17. The number of nitrogens with one attached hydrogen (secondary N) is 1. The molecule has 0 heterocycles. The van der Waals surface area contributed by atoms with Crippen molar-refractivity contribution < 1.29 is 18.3 Å². The van der Waals surface area contributed by atoms with Gasteiger partial charge in [0.15, 0.2) is 5.25 Å². The second kappa shape index (κ2) is 5.47. The number of nitrogens with zero attached hydrogens (tertiary/aromatic N) is 1. The van der Waals surface area contributed by atoms with E-state index in [2.05, 4.69) is 4.72 Å². The number of carbonyl (C=O) groups is 1. The van der Waals surface area contributed by atoms with Gasteiger partial charge in [-0.15, -0.1) is 0 Å². The van der Waals surface area contributed by atoms with E-state index in [4.69, 9.17) is 10.4 Å². The molecule has 1 saturated carbocycles. The van der Waals surface area contributed by atoms with Gasteiger partial charge in [-0.3, -0.25) is 4.79 Å². The van der Waals surface area contributed by atoms with Crippen LogP contribution in [-0.2, 0) is 14.8 Å². The van der Waals surface area contributed by atoms with Crippen molar-refractivity contribution in [1.29, 1.82) is 5.26 Å². The molecule has 1 rings (SSSR count). The van der Waals surface area contributed by atoms with Crippen molar-refractivity contribution in [3.05, 3.63) is 0 Å². The van der Waals surface area contributed by atoms with Gasteiger partial charge in [-0.25, -0.2) is 13.1 Å². The third-order valence-corrected chi connectivity index (χ3v) is 4.86. The zero-order valence-corrected chi connectivity index (χ0v) is 10.4. The van der Waals surface area contributed by atoms with Gasteiger partial charge < -0.3 is 5.11 Å². The Morgan fingerprint density at radius 2 is 2.24 bits per heavy atom. The molecule has 0 aliphatic heterocycles. The minimum atomic E-state index is -3.75. The Morgan fingerprint density at radius 1 is 1.59 bits per heavy atom. The molecule has 96 valence electrons. The molecule has 1 aliphatic rings. The minimum Gasteiger partial charge on any atom is -0.481 e. The fourth-order valence-electron chi connectivity index (χ4n) is 2.07. The number of hydrogen-bond donors (Lipinski definition) is 2. The monoisotopic (exact) mass is 260 g/mol. The topological polar surface area (TPSA) is 107 Å². The molecule has 0 aromatic heterocycles. The van der Waals surface area contributed by atoms with Crippen LogP contribution < -0.4 is 4.72 Å². The van der Waals surface area contributed by atoms with Gasteiger partial charge in [0, 0.05) is 6.04 Å². The standard InChI is InChI=1S/C10H16N2O4S/c1-2-7(6-11)17(15,16)12-9-5-3-4-8(9)10(13)14/h7-9,12H,2-5H2,1H3,(H,13,14). The summed E-state index contributed by atoms with van der Waals surface area (Å²) < 4.78 is 25.9. The van der Waals surface area contributed by atoms with Crippen molar-refractivity contribution in [2.75, 3.05) is 0 Å². The number of hydrogen-bond acceptors (Lipinski definition) is 4. The van der Waals surface area contributed by atoms with Crippen LogP contribution >= 0.6 is 0 Å². The van der Waals surface area contributed by atoms with Crippen LogP contribution in [0.5, 0.6) is 0 Å². The van der Waals surface area contributed by atoms with Crippen LogP contribution in [0.1, 0.15) is 32.6 Å². The van der Waals surface area contributed by atoms with E-state index in [0.717, 1.165) is 0 Å². The molecule has 6 nitrogen and oxygen atoms in total. The van der Waals surface area contributed by atoms with Crippen LogP contribution in [0.3, 0.4) is 0 Å². The van der Waals surface area contributed by atoms with Gasteiger partial charge in [0.25, 0.3) is 0 Å². The van der Waals surface area contributed by atoms with Gasteiger partial charge >= 0.3 is 5.97 Å². The summed E-state index contributed by atoms with van der Waals surface area (Å²) in [5.74, 6) is -1.67. The quantitative estimate of drug-likeness (QED) is 0.746. The highest BCUT2D eigenvalue weighted by Crippen LogP contribution is 2.26. The molecule has 0 aromatic rings. The lowest BCUT2D eigenvalue weighted by atomic mass is 10.1. The number of carboxylic acid groups (broad SMARTS) is 1. The number of carboxylic acids is 1. The Hall–Kier alpha value is -1.13. The fraction of sp³-hybridized carbons (Fsp3) is 0.800. The van der Waals surface area contributed by atoms with E-state index in [-0.39, 0.29) is 6.42 Å². The van der Waals surface area contributed by atoms with Crippen LogP contribution in [0, 0.1) is 17.2 Å². The molecule has 0 radical (unpaired) electrons. The zero-order chi connectivity index (χ0) is 13.1. The average molecular weight is 260 g/mol. The maximum Gasteiger partial charge on any atom is 0.308 e. The Kier molecular flexibility index (Phi) is 4.48. The predicted octanol–water partition coefficient (Wildman–Crippen LogP) is 0.461. The summed E-state index contributed by atoms with van der Waals surface area (Å²) in [5.41, 5.74) is 0. The lowest BCUT2D eigenvalue weighted by molar-refractivity contribution is -0.141. The number of aliphatic carboxylic acids is 1. The molecule has 0 amide bonds. The van der Waals surface area contributed by atoms with E-state index in [1.165, 1.54) is 0 Å². The SMILES string of the molecule is CCC(C#N)S(=O)(=O)NC1CCCC1C(=O)O. The van der Waals surface area contributed by atoms with Crippen molar-refractivity contribution in [2.45, 2.75) is 43.9 Å². The Labute approximate surface area is 101 Å². The summed E-state index contributed by atoms with van der Waals surface area (Å²) in [6, 6.07) is 1.13. The van der Waals surface area contributed by atoms with E-state index in [0.29, 0.717) is 19.3 Å². The van der Waals surface area contributed by atoms with Gasteiger partial charge in [-0.05, 0) is 19.3 Å². The minimum absolute atomic E-state index is 0.191. The third kappa shape index (κ3) is 3.17. The molecular weight excluding hydrogens is 244 g/mol. The first-order valence-electron chi connectivity index (χ1n) is 5.56. The van der Waals surface area contributed by atoms with Gasteiger partial charge in [-0.1, -0.05) is 13.3 Å². The maximum atomic E-state index is 11.8. The van der Waals surface area contributed by atoms with Gasteiger partial charge in [0.2, 0.25) is 10.0 Å². The highest BCUT2D eigenvalue weighted by atomic mass is 32.2. The van der Waals surface area contributed by atoms with Crippen LogP contribution in [0.2, 0.25) is 0 Å². The second-order valence-corrected chi connectivity index (χ2v) is 6.07. The van der Waals surface area contributed by atoms with E-state index < -0.39 is 33.2 Å². The van der Waals surface area contributed by atoms with Crippen molar-refractivity contribution in [2.24, 2.45) is 5.92 Å². The molecule has 0 bridgehead atoms. The molecule has 3 atom stereocenters. The highest BCUT2D eigenvalue weighted by Gasteiger charge is 2.37. The summed E-state index contributed by atoms with van der Waals surface area (Å²) in [6.45, 7) is 1.61. The van der Waals surface area contributed by atoms with Crippen LogP contribution in [0.4, 0.5) is 0 Å². The molecule has 2 N–H and O–H groups in total. The summed E-state index contributed by atoms with van der Waals surface area (Å²) in [6.07, 6.45) is 1.87. The van der Waals surface area contributed by atoms with Crippen molar-refractivity contribution >= 4 is 16.0 Å². The molecule has 3 unspecified atom stereocenters. The normalized spacial score (nSPS) is 26.4. The molecular formula is C10H16N2O4S. The van der Waals surface area contributed by atoms with Gasteiger partial charge in [0.05, 0.1) is 12.0 Å². The molecule has 0 spiro atoms. The molecule has 1 aliphatic carbocycles. The van der Waals surface area contributed by atoms with Crippen LogP contribution in [0.15, 0.2) is 0 Å². The summed E-state index contributed by atoms with van der Waals surface area (Å²) in [4.78, 5) is 10.9. The highest BCUT2D eigenvalue weighted by molar-refractivity contribution is 7.90. The van der Waals surface area contributed by atoms with Gasteiger partial charge in [-0.2, -0.15) is 5.26 Å². The largest absolute Gasteiger partial charge is 0.481 e. The lowest BCUT2D eigenvalue weighted by Crippen LogP contribution is -2.44. The molecule has 17 heavy (non-hydrogen) atoms.